The highest BCUT2D eigenvalue weighted by Gasteiger charge is 2.13. The highest BCUT2D eigenvalue weighted by molar-refractivity contribution is 7.98. The van der Waals surface area contributed by atoms with E-state index in [4.69, 9.17) is 5.73 Å². The Labute approximate surface area is 129 Å². The Balaban J connectivity index is 2.70. The molecule has 8 heteroatoms. The first-order valence-corrected chi connectivity index (χ1v) is 9.46. The van der Waals surface area contributed by atoms with E-state index in [0.717, 1.165) is 12.2 Å². The number of anilines is 1. The smallest absolute Gasteiger partial charge is 0.240 e. The zero-order valence-electron chi connectivity index (χ0n) is 12.0. The number of nitrogens with one attached hydrogen (secondary N) is 2. The molecule has 1 rings (SSSR count). The lowest BCUT2D eigenvalue weighted by Gasteiger charge is -2.09. The third-order valence-electron chi connectivity index (χ3n) is 2.62. The van der Waals surface area contributed by atoms with Crippen molar-refractivity contribution in [3.63, 3.8) is 0 Å². The maximum atomic E-state index is 12.0. The lowest BCUT2D eigenvalue weighted by atomic mass is 10.3. The lowest BCUT2D eigenvalue weighted by molar-refractivity contribution is -0.116. The van der Waals surface area contributed by atoms with E-state index < -0.39 is 10.0 Å². The van der Waals surface area contributed by atoms with Gasteiger partial charge in [0.05, 0.1) is 4.90 Å². The highest BCUT2D eigenvalue weighted by Crippen LogP contribution is 2.15. The zero-order chi connectivity index (χ0) is 15.7. The van der Waals surface area contributed by atoms with Crippen LogP contribution in [0.2, 0.25) is 0 Å². The Morgan fingerprint density at radius 1 is 1.38 bits per heavy atom. The van der Waals surface area contributed by atoms with Gasteiger partial charge in [0.15, 0.2) is 0 Å². The summed E-state index contributed by atoms with van der Waals surface area (Å²) >= 11 is 1.69. The molecule has 0 bridgehead atoms. The molecule has 6 nitrogen and oxygen atoms in total. The summed E-state index contributed by atoms with van der Waals surface area (Å²) in [6, 6.07) is 6.16. The SMILES string of the molecule is CSCCCC(=O)Nc1cccc(S(=O)(=O)NCCN)c1. The molecule has 0 heterocycles. The molecule has 0 saturated heterocycles. The molecule has 1 aromatic rings. The van der Waals surface area contributed by atoms with Gasteiger partial charge < -0.3 is 11.1 Å². The third kappa shape index (κ3) is 6.47. The number of rotatable bonds is 9. The van der Waals surface area contributed by atoms with Crippen molar-refractivity contribution in [3.05, 3.63) is 24.3 Å². The van der Waals surface area contributed by atoms with Crippen LogP contribution in [0, 0.1) is 0 Å². The minimum atomic E-state index is -3.59. The van der Waals surface area contributed by atoms with Gasteiger partial charge in [0.2, 0.25) is 15.9 Å². The van der Waals surface area contributed by atoms with Crippen LogP contribution in [0.5, 0.6) is 0 Å². The van der Waals surface area contributed by atoms with Crippen LogP contribution >= 0.6 is 11.8 Å². The molecule has 0 aliphatic heterocycles. The molecular formula is C13H21N3O3S2. The number of nitrogens with two attached hydrogens (primary N) is 1. The second-order valence-corrected chi connectivity index (χ2v) is 7.11. The van der Waals surface area contributed by atoms with Crippen molar-refractivity contribution >= 4 is 33.4 Å². The van der Waals surface area contributed by atoms with Crippen LogP contribution in [0.3, 0.4) is 0 Å². The van der Waals surface area contributed by atoms with E-state index >= 15 is 0 Å². The molecule has 21 heavy (non-hydrogen) atoms. The molecule has 0 atom stereocenters. The van der Waals surface area contributed by atoms with Crippen LogP contribution in [0.4, 0.5) is 5.69 Å². The lowest BCUT2D eigenvalue weighted by Crippen LogP contribution is -2.29. The van der Waals surface area contributed by atoms with Gasteiger partial charge in [-0.2, -0.15) is 11.8 Å². The molecule has 4 N–H and O–H groups in total. The quantitative estimate of drug-likeness (QED) is 0.586. The zero-order valence-corrected chi connectivity index (χ0v) is 13.6. The van der Waals surface area contributed by atoms with Crippen molar-refractivity contribution in [2.75, 3.05) is 30.4 Å². The molecular weight excluding hydrogens is 310 g/mol. The van der Waals surface area contributed by atoms with Crippen LogP contribution in [-0.4, -0.2) is 39.4 Å². The second-order valence-electron chi connectivity index (χ2n) is 4.36. The topological polar surface area (TPSA) is 101 Å². The maximum absolute atomic E-state index is 12.0. The van der Waals surface area contributed by atoms with E-state index in [-0.39, 0.29) is 23.9 Å². The normalized spacial score (nSPS) is 11.3. The molecule has 0 saturated carbocycles. The summed E-state index contributed by atoms with van der Waals surface area (Å²) in [5.74, 6) is 0.804. The number of hydrogen-bond acceptors (Lipinski definition) is 5. The van der Waals surface area contributed by atoms with Crippen molar-refractivity contribution in [1.29, 1.82) is 0 Å². The number of hydrogen-bond donors (Lipinski definition) is 3. The van der Waals surface area contributed by atoms with Gasteiger partial charge in [-0.3, -0.25) is 4.79 Å². The van der Waals surface area contributed by atoms with E-state index in [1.165, 1.54) is 12.1 Å². The average molecular weight is 331 g/mol. The van der Waals surface area contributed by atoms with E-state index in [1.54, 1.807) is 23.9 Å². The molecule has 0 aliphatic carbocycles. The number of amides is 1. The summed E-state index contributed by atoms with van der Waals surface area (Å²) in [5, 5.41) is 2.70. The minimum Gasteiger partial charge on any atom is -0.329 e. The average Bonchev–Trinajstić information content (AvgIpc) is 2.46. The van der Waals surface area contributed by atoms with Gasteiger partial charge in [0.1, 0.15) is 0 Å². The number of carbonyl (C=O) groups excluding carboxylic acids is 1. The Morgan fingerprint density at radius 3 is 2.81 bits per heavy atom. The molecule has 0 aliphatic rings. The van der Waals surface area contributed by atoms with Gasteiger partial charge in [0.25, 0.3) is 0 Å². The highest BCUT2D eigenvalue weighted by atomic mass is 32.2. The summed E-state index contributed by atoms with van der Waals surface area (Å²) in [7, 11) is -3.59. The van der Waals surface area contributed by atoms with Crippen LogP contribution in [-0.2, 0) is 14.8 Å². The Hall–Kier alpha value is -1.09. The van der Waals surface area contributed by atoms with E-state index in [2.05, 4.69) is 10.0 Å². The van der Waals surface area contributed by atoms with Crippen molar-refractivity contribution in [2.45, 2.75) is 17.7 Å². The van der Waals surface area contributed by atoms with Crippen molar-refractivity contribution in [3.8, 4) is 0 Å². The van der Waals surface area contributed by atoms with E-state index in [1.807, 2.05) is 6.26 Å². The fraction of sp³-hybridized carbons (Fsp3) is 0.462. The number of benzene rings is 1. The summed E-state index contributed by atoms with van der Waals surface area (Å²) in [6.07, 6.45) is 3.20. The van der Waals surface area contributed by atoms with Gasteiger partial charge in [-0.05, 0) is 36.6 Å². The first-order valence-electron chi connectivity index (χ1n) is 6.58. The van der Waals surface area contributed by atoms with E-state index in [0.29, 0.717) is 12.1 Å². The van der Waals surface area contributed by atoms with Crippen LogP contribution < -0.4 is 15.8 Å². The predicted molar refractivity (Wildman–Crippen MR) is 86.9 cm³/mol. The minimum absolute atomic E-state index is 0.109. The Kier molecular flexibility index (Phi) is 7.73. The molecule has 118 valence electrons. The molecule has 1 amide bonds. The molecule has 0 fully saturated rings. The number of thioether (sulfide) groups is 1. The Morgan fingerprint density at radius 2 is 2.14 bits per heavy atom. The molecule has 0 radical (unpaired) electrons. The first-order chi connectivity index (χ1) is 9.99. The number of carbonyl (C=O) groups is 1. The summed E-state index contributed by atoms with van der Waals surface area (Å²) in [5.41, 5.74) is 5.75. The van der Waals surface area contributed by atoms with Gasteiger partial charge in [-0.15, -0.1) is 0 Å². The predicted octanol–water partition coefficient (Wildman–Crippen LogP) is 1.01. The van der Waals surface area contributed by atoms with Crippen LogP contribution in [0.15, 0.2) is 29.2 Å². The maximum Gasteiger partial charge on any atom is 0.240 e. The van der Waals surface area contributed by atoms with Crippen LogP contribution in [0.25, 0.3) is 0 Å². The third-order valence-corrected chi connectivity index (χ3v) is 4.77. The van der Waals surface area contributed by atoms with Crippen LogP contribution in [0.1, 0.15) is 12.8 Å². The molecule has 0 unspecified atom stereocenters. The van der Waals surface area contributed by atoms with Crippen molar-refractivity contribution in [1.82, 2.24) is 4.72 Å². The standard InChI is InChI=1S/C13H21N3O3S2/c1-20-9-3-6-13(17)16-11-4-2-5-12(10-11)21(18,19)15-8-7-14/h2,4-5,10,15H,3,6-9,14H2,1H3,(H,16,17). The monoisotopic (exact) mass is 331 g/mol. The summed E-state index contributed by atoms with van der Waals surface area (Å²) in [4.78, 5) is 11.8. The number of sulfonamides is 1. The fourth-order valence-corrected chi connectivity index (χ4v) is 3.14. The summed E-state index contributed by atoms with van der Waals surface area (Å²) < 4.78 is 26.3. The first kappa shape index (κ1) is 18.0. The largest absolute Gasteiger partial charge is 0.329 e. The van der Waals surface area contributed by atoms with Gasteiger partial charge >= 0.3 is 0 Å². The fourth-order valence-electron chi connectivity index (χ4n) is 1.62. The van der Waals surface area contributed by atoms with E-state index in [9.17, 15) is 13.2 Å². The molecule has 0 spiro atoms. The molecule has 0 aromatic heterocycles. The van der Waals surface area contributed by atoms with Gasteiger partial charge in [0, 0.05) is 25.2 Å². The van der Waals surface area contributed by atoms with Crippen molar-refractivity contribution in [2.24, 2.45) is 5.73 Å². The summed E-state index contributed by atoms with van der Waals surface area (Å²) in [6.45, 7) is 0.401. The second kappa shape index (κ2) is 9.04. The Bertz CT molecular complexity index is 562. The molecule has 1 aromatic carbocycles. The van der Waals surface area contributed by atoms with Gasteiger partial charge in [-0.25, -0.2) is 13.1 Å². The van der Waals surface area contributed by atoms with Crippen molar-refractivity contribution < 1.29 is 13.2 Å². The van der Waals surface area contributed by atoms with Gasteiger partial charge in [-0.1, -0.05) is 6.07 Å².